The summed E-state index contributed by atoms with van der Waals surface area (Å²) in [6, 6.07) is 13.7. The number of hydrogen-bond donors (Lipinski definition) is 2. The van der Waals surface area contributed by atoms with Crippen LogP contribution in [0.5, 0.6) is 0 Å². The van der Waals surface area contributed by atoms with Gasteiger partial charge >= 0.3 is 0 Å². The summed E-state index contributed by atoms with van der Waals surface area (Å²) in [6.45, 7) is 4.73. The number of amides is 2. The SMILES string of the molecule is CNC(=O)c1cc(-c2cc(-c3cc(NC(=O)c4ccnc(C(C)(C)F)c4)ccc3C)ncn2)ccn1. The van der Waals surface area contributed by atoms with E-state index in [1.165, 1.54) is 38.5 Å². The number of aromatic nitrogens is 4. The molecule has 4 aromatic rings. The summed E-state index contributed by atoms with van der Waals surface area (Å²) in [4.78, 5) is 41.7. The zero-order valence-electron chi connectivity index (χ0n) is 20.3. The molecule has 182 valence electrons. The summed E-state index contributed by atoms with van der Waals surface area (Å²) in [5, 5.41) is 5.42. The first-order valence-corrected chi connectivity index (χ1v) is 11.2. The van der Waals surface area contributed by atoms with Crippen molar-refractivity contribution in [2.24, 2.45) is 0 Å². The van der Waals surface area contributed by atoms with Crippen molar-refractivity contribution in [2.45, 2.75) is 26.4 Å². The monoisotopic (exact) mass is 484 g/mol. The van der Waals surface area contributed by atoms with Gasteiger partial charge in [0.25, 0.3) is 11.8 Å². The quantitative estimate of drug-likeness (QED) is 0.410. The molecule has 0 unspecified atom stereocenters. The molecule has 2 amide bonds. The molecular formula is C27H25FN6O2. The summed E-state index contributed by atoms with van der Waals surface area (Å²) < 4.78 is 14.3. The highest BCUT2D eigenvalue weighted by Gasteiger charge is 2.22. The van der Waals surface area contributed by atoms with Crippen LogP contribution in [-0.4, -0.2) is 38.8 Å². The molecule has 0 bridgehead atoms. The second-order valence-corrected chi connectivity index (χ2v) is 8.68. The van der Waals surface area contributed by atoms with E-state index >= 15 is 0 Å². The second kappa shape index (κ2) is 9.99. The topological polar surface area (TPSA) is 110 Å². The molecule has 0 saturated heterocycles. The first-order valence-electron chi connectivity index (χ1n) is 11.2. The van der Waals surface area contributed by atoms with E-state index in [0.717, 1.165) is 16.7 Å². The number of benzene rings is 1. The molecule has 3 aromatic heterocycles. The Morgan fingerprint density at radius 3 is 2.36 bits per heavy atom. The zero-order chi connectivity index (χ0) is 25.9. The molecule has 0 atom stereocenters. The molecule has 0 radical (unpaired) electrons. The zero-order valence-corrected chi connectivity index (χ0v) is 20.3. The Bertz CT molecular complexity index is 1450. The molecule has 36 heavy (non-hydrogen) atoms. The van der Waals surface area contributed by atoms with Crippen LogP contribution in [0.1, 0.15) is 46.0 Å². The van der Waals surface area contributed by atoms with Crippen molar-refractivity contribution in [3.05, 3.63) is 89.8 Å². The lowest BCUT2D eigenvalue weighted by molar-refractivity contribution is 0.0957. The van der Waals surface area contributed by atoms with Crippen molar-refractivity contribution in [2.75, 3.05) is 12.4 Å². The van der Waals surface area contributed by atoms with E-state index in [4.69, 9.17) is 0 Å². The Labute approximate surface area is 208 Å². The largest absolute Gasteiger partial charge is 0.354 e. The molecule has 0 aliphatic rings. The van der Waals surface area contributed by atoms with Gasteiger partial charge in [-0.15, -0.1) is 0 Å². The second-order valence-electron chi connectivity index (χ2n) is 8.68. The van der Waals surface area contributed by atoms with Gasteiger partial charge in [0, 0.05) is 41.8 Å². The first kappa shape index (κ1) is 24.6. The highest BCUT2D eigenvalue weighted by Crippen LogP contribution is 2.28. The fourth-order valence-electron chi connectivity index (χ4n) is 3.58. The maximum atomic E-state index is 14.3. The summed E-state index contributed by atoms with van der Waals surface area (Å²) >= 11 is 0. The van der Waals surface area contributed by atoms with Gasteiger partial charge in [-0.3, -0.25) is 19.6 Å². The Morgan fingerprint density at radius 1 is 0.861 bits per heavy atom. The summed E-state index contributed by atoms with van der Waals surface area (Å²) in [5.41, 5.74) is 3.42. The van der Waals surface area contributed by atoms with Crippen molar-refractivity contribution in [3.63, 3.8) is 0 Å². The van der Waals surface area contributed by atoms with Gasteiger partial charge in [0.1, 0.15) is 17.7 Å². The van der Waals surface area contributed by atoms with Crippen molar-refractivity contribution in [1.82, 2.24) is 25.3 Å². The molecule has 1 aromatic carbocycles. The molecule has 0 aliphatic heterocycles. The van der Waals surface area contributed by atoms with Crippen LogP contribution in [0.15, 0.2) is 67.3 Å². The standard InChI is InChI=1S/C27H25FN6O2/c1-16-5-6-19(34-25(35)18-8-10-31-24(12-18)27(2,3)28)13-20(16)22-14-21(32-15-33-22)17-7-9-30-23(11-17)26(36)29-4/h5-15H,1-4H3,(H,29,36)(H,34,35). The smallest absolute Gasteiger partial charge is 0.269 e. The molecular weight excluding hydrogens is 459 g/mol. The molecule has 9 heteroatoms. The third-order valence-corrected chi connectivity index (χ3v) is 5.59. The third-order valence-electron chi connectivity index (χ3n) is 5.59. The fraction of sp³-hybridized carbons (Fsp3) is 0.185. The van der Waals surface area contributed by atoms with Crippen LogP contribution in [0, 0.1) is 6.92 Å². The van der Waals surface area contributed by atoms with Crippen LogP contribution in [0.25, 0.3) is 22.5 Å². The molecule has 0 aliphatic carbocycles. The number of pyridine rings is 2. The minimum absolute atomic E-state index is 0.184. The highest BCUT2D eigenvalue weighted by molar-refractivity contribution is 6.04. The van der Waals surface area contributed by atoms with Gasteiger partial charge in [0.2, 0.25) is 0 Å². The summed E-state index contributed by atoms with van der Waals surface area (Å²) in [7, 11) is 1.55. The van der Waals surface area contributed by atoms with E-state index in [-0.39, 0.29) is 23.2 Å². The fourth-order valence-corrected chi connectivity index (χ4v) is 3.58. The van der Waals surface area contributed by atoms with Gasteiger partial charge in [-0.2, -0.15) is 0 Å². The molecule has 0 saturated carbocycles. The number of carbonyl (C=O) groups is 2. The lowest BCUT2D eigenvalue weighted by Crippen LogP contribution is -2.19. The van der Waals surface area contributed by atoms with Crippen LogP contribution < -0.4 is 10.6 Å². The molecule has 3 heterocycles. The van der Waals surface area contributed by atoms with Crippen molar-refractivity contribution in [1.29, 1.82) is 0 Å². The maximum Gasteiger partial charge on any atom is 0.269 e. The molecule has 4 rings (SSSR count). The van der Waals surface area contributed by atoms with Gasteiger partial charge in [0.05, 0.1) is 17.1 Å². The van der Waals surface area contributed by atoms with Gasteiger partial charge in [-0.1, -0.05) is 6.07 Å². The minimum Gasteiger partial charge on any atom is -0.354 e. The van der Waals surface area contributed by atoms with Crippen molar-refractivity contribution < 1.29 is 14.0 Å². The Morgan fingerprint density at radius 2 is 1.61 bits per heavy atom. The van der Waals surface area contributed by atoms with E-state index in [1.807, 2.05) is 25.1 Å². The lowest BCUT2D eigenvalue weighted by atomic mass is 10.0. The van der Waals surface area contributed by atoms with Gasteiger partial charge in [-0.05, 0) is 68.8 Å². The normalized spacial score (nSPS) is 11.1. The average Bonchev–Trinajstić information content (AvgIpc) is 2.89. The van der Waals surface area contributed by atoms with Gasteiger partial charge in [0.15, 0.2) is 0 Å². The summed E-state index contributed by atoms with van der Waals surface area (Å²) in [6.07, 6.45) is 4.42. The Balaban J connectivity index is 1.63. The molecule has 0 spiro atoms. The van der Waals surface area contributed by atoms with Crippen LogP contribution in [0.3, 0.4) is 0 Å². The number of rotatable bonds is 6. The van der Waals surface area contributed by atoms with Gasteiger partial charge in [-0.25, -0.2) is 14.4 Å². The van der Waals surface area contributed by atoms with E-state index in [9.17, 15) is 14.0 Å². The summed E-state index contributed by atoms with van der Waals surface area (Å²) in [5.74, 6) is -0.665. The minimum atomic E-state index is -1.66. The van der Waals surface area contributed by atoms with E-state index < -0.39 is 5.67 Å². The number of halogens is 1. The van der Waals surface area contributed by atoms with Gasteiger partial charge < -0.3 is 10.6 Å². The van der Waals surface area contributed by atoms with Crippen LogP contribution in [0.2, 0.25) is 0 Å². The molecule has 0 fully saturated rings. The number of nitrogens with one attached hydrogen (secondary N) is 2. The van der Waals surface area contributed by atoms with Crippen molar-refractivity contribution >= 4 is 17.5 Å². The Hall–Kier alpha value is -4.53. The lowest BCUT2D eigenvalue weighted by Gasteiger charge is -2.14. The maximum absolute atomic E-state index is 14.3. The average molecular weight is 485 g/mol. The van der Waals surface area contributed by atoms with Crippen LogP contribution >= 0.6 is 0 Å². The number of hydrogen-bond acceptors (Lipinski definition) is 6. The number of alkyl halides is 1. The molecule has 8 nitrogen and oxygen atoms in total. The third kappa shape index (κ3) is 5.41. The van der Waals surface area contributed by atoms with Crippen molar-refractivity contribution in [3.8, 4) is 22.5 Å². The number of nitrogens with zero attached hydrogens (tertiary/aromatic N) is 4. The highest BCUT2D eigenvalue weighted by atomic mass is 19.1. The number of aryl methyl sites for hydroxylation is 1. The molecule has 2 N–H and O–H groups in total. The van der Waals surface area contributed by atoms with Crippen LogP contribution in [0.4, 0.5) is 10.1 Å². The number of carbonyl (C=O) groups excluding carboxylic acids is 2. The number of anilines is 1. The predicted octanol–water partition coefficient (Wildman–Crippen LogP) is 4.73. The first-order chi connectivity index (χ1) is 17.2. The van der Waals surface area contributed by atoms with E-state index in [0.29, 0.717) is 22.6 Å². The predicted molar refractivity (Wildman–Crippen MR) is 135 cm³/mol. The Kier molecular flexibility index (Phi) is 6.82. The van der Waals surface area contributed by atoms with E-state index in [1.54, 1.807) is 31.4 Å². The van der Waals surface area contributed by atoms with Crippen LogP contribution in [-0.2, 0) is 5.67 Å². The van der Waals surface area contributed by atoms with E-state index in [2.05, 4.69) is 30.6 Å².